The molecule has 0 unspecified atom stereocenters. The van der Waals surface area contributed by atoms with Crippen molar-refractivity contribution in [3.8, 4) is 11.5 Å². The van der Waals surface area contributed by atoms with Crippen LogP contribution in [0.4, 0.5) is 0 Å². The average molecular weight is 389 g/mol. The molecule has 0 aliphatic carbocycles. The van der Waals surface area contributed by atoms with Gasteiger partial charge in [-0.1, -0.05) is 29.8 Å². The van der Waals surface area contributed by atoms with E-state index in [9.17, 15) is 9.90 Å². The quantitative estimate of drug-likeness (QED) is 0.713. The zero-order valence-electron chi connectivity index (χ0n) is 15.2. The molecule has 1 heterocycles. The number of hydrogen-bond acceptors (Lipinski definition) is 4. The van der Waals surface area contributed by atoms with Crippen molar-refractivity contribution in [3.05, 3.63) is 59.1 Å². The molecule has 0 radical (unpaired) electrons. The highest BCUT2D eigenvalue weighted by atomic mass is 35.5. The molecule has 6 heteroatoms. The third-order valence-corrected chi connectivity index (χ3v) is 5.04. The number of piperidine rings is 1. The van der Waals surface area contributed by atoms with E-state index < -0.39 is 0 Å². The lowest BCUT2D eigenvalue weighted by molar-refractivity contribution is -0.122. The van der Waals surface area contributed by atoms with Crippen LogP contribution in [0.2, 0.25) is 5.02 Å². The zero-order valence-corrected chi connectivity index (χ0v) is 16.0. The number of amides is 1. The van der Waals surface area contributed by atoms with E-state index in [0.29, 0.717) is 42.1 Å². The minimum Gasteiger partial charge on any atom is -0.508 e. The topological polar surface area (TPSA) is 61.8 Å². The van der Waals surface area contributed by atoms with Crippen LogP contribution >= 0.6 is 11.6 Å². The summed E-state index contributed by atoms with van der Waals surface area (Å²) in [5, 5.41) is 12.9. The smallest absolute Gasteiger partial charge is 0.234 e. The van der Waals surface area contributed by atoms with Gasteiger partial charge in [0.05, 0.1) is 13.1 Å². The number of hydrogen-bond donors (Lipinski definition) is 2. The summed E-state index contributed by atoms with van der Waals surface area (Å²) in [5.74, 6) is 1.52. The molecule has 2 aromatic rings. The Balaban J connectivity index is 1.33. The van der Waals surface area contributed by atoms with Crippen molar-refractivity contribution < 1.29 is 14.6 Å². The molecule has 1 aliphatic rings. The molecule has 1 aliphatic heterocycles. The number of phenols is 1. The molecule has 27 heavy (non-hydrogen) atoms. The van der Waals surface area contributed by atoms with Gasteiger partial charge in [-0.25, -0.2) is 0 Å². The molecule has 144 valence electrons. The molecular formula is C21H25ClN2O3. The van der Waals surface area contributed by atoms with Crippen molar-refractivity contribution in [1.29, 1.82) is 0 Å². The predicted molar refractivity (Wildman–Crippen MR) is 106 cm³/mol. The molecule has 2 aromatic carbocycles. The van der Waals surface area contributed by atoms with Gasteiger partial charge >= 0.3 is 0 Å². The summed E-state index contributed by atoms with van der Waals surface area (Å²) < 4.78 is 5.57. The van der Waals surface area contributed by atoms with Crippen molar-refractivity contribution in [3.63, 3.8) is 0 Å². The molecule has 5 nitrogen and oxygen atoms in total. The maximum atomic E-state index is 12.1. The summed E-state index contributed by atoms with van der Waals surface area (Å²) in [4.78, 5) is 14.3. The predicted octanol–water partition coefficient (Wildman–Crippen LogP) is 3.42. The van der Waals surface area contributed by atoms with Gasteiger partial charge in [-0.15, -0.1) is 0 Å². The first-order valence-electron chi connectivity index (χ1n) is 9.26. The summed E-state index contributed by atoms with van der Waals surface area (Å²) in [6, 6.07) is 14.7. The largest absolute Gasteiger partial charge is 0.508 e. The van der Waals surface area contributed by atoms with Crippen LogP contribution in [0.15, 0.2) is 48.5 Å². The standard InChI is InChI=1S/C21H25ClN2O3/c22-18-2-1-3-20(14-18)27-13-10-23-21(26)15-24-11-8-17(9-12-24)16-4-6-19(25)7-5-16/h1-7,14,17,25H,8-13,15H2,(H,23,26). The van der Waals surface area contributed by atoms with Crippen LogP contribution in [0.5, 0.6) is 11.5 Å². The lowest BCUT2D eigenvalue weighted by atomic mass is 9.89. The van der Waals surface area contributed by atoms with Gasteiger partial charge in [0.15, 0.2) is 0 Å². The van der Waals surface area contributed by atoms with Gasteiger partial charge in [0.2, 0.25) is 5.91 Å². The molecule has 3 rings (SSSR count). The molecule has 0 saturated carbocycles. The van der Waals surface area contributed by atoms with Crippen molar-refractivity contribution >= 4 is 17.5 Å². The van der Waals surface area contributed by atoms with E-state index in [0.717, 1.165) is 25.9 Å². The molecule has 1 saturated heterocycles. The molecule has 0 aromatic heterocycles. The van der Waals surface area contributed by atoms with Crippen LogP contribution in [-0.4, -0.2) is 48.7 Å². The van der Waals surface area contributed by atoms with Gasteiger partial charge in [-0.05, 0) is 67.7 Å². The number of aromatic hydroxyl groups is 1. The molecule has 1 amide bonds. The number of phenolic OH excluding ortho intramolecular Hbond substituents is 1. The number of likely N-dealkylation sites (tertiary alicyclic amines) is 1. The number of benzene rings is 2. The first kappa shape index (κ1) is 19.5. The number of nitrogens with one attached hydrogen (secondary N) is 1. The molecule has 0 spiro atoms. The summed E-state index contributed by atoms with van der Waals surface area (Å²) in [5.41, 5.74) is 1.26. The van der Waals surface area contributed by atoms with Crippen LogP contribution in [0.1, 0.15) is 24.3 Å². The Morgan fingerprint density at radius 2 is 1.93 bits per heavy atom. The Morgan fingerprint density at radius 1 is 1.19 bits per heavy atom. The van der Waals surface area contributed by atoms with Crippen molar-refractivity contribution in [2.24, 2.45) is 0 Å². The first-order chi connectivity index (χ1) is 13.1. The maximum absolute atomic E-state index is 12.1. The average Bonchev–Trinajstić information content (AvgIpc) is 2.67. The Hall–Kier alpha value is -2.24. The lowest BCUT2D eigenvalue weighted by Crippen LogP contribution is -2.42. The highest BCUT2D eigenvalue weighted by Gasteiger charge is 2.21. The maximum Gasteiger partial charge on any atom is 0.234 e. The van der Waals surface area contributed by atoms with Crippen LogP contribution < -0.4 is 10.1 Å². The highest BCUT2D eigenvalue weighted by molar-refractivity contribution is 6.30. The second kappa shape index (κ2) is 9.62. The van der Waals surface area contributed by atoms with Gasteiger partial charge in [0.25, 0.3) is 0 Å². The van der Waals surface area contributed by atoms with Crippen LogP contribution in [0.3, 0.4) is 0 Å². The highest BCUT2D eigenvalue weighted by Crippen LogP contribution is 2.28. The Bertz CT molecular complexity index is 743. The Kier molecular flexibility index (Phi) is 6.96. The fourth-order valence-corrected chi connectivity index (χ4v) is 3.53. The molecule has 2 N–H and O–H groups in total. The van der Waals surface area contributed by atoms with E-state index >= 15 is 0 Å². The lowest BCUT2D eigenvalue weighted by Gasteiger charge is -2.31. The summed E-state index contributed by atoms with van der Waals surface area (Å²) in [6.07, 6.45) is 2.05. The number of rotatable bonds is 7. The number of nitrogens with zero attached hydrogens (tertiary/aromatic N) is 1. The SMILES string of the molecule is O=C(CN1CCC(c2ccc(O)cc2)CC1)NCCOc1cccc(Cl)c1. The Labute approximate surface area is 164 Å². The van der Waals surface area contributed by atoms with E-state index in [-0.39, 0.29) is 5.91 Å². The first-order valence-corrected chi connectivity index (χ1v) is 9.64. The third-order valence-electron chi connectivity index (χ3n) is 4.81. The van der Waals surface area contributed by atoms with E-state index in [2.05, 4.69) is 10.2 Å². The molecular weight excluding hydrogens is 364 g/mol. The van der Waals surface area contributed by atoms with Crippen LogP contribution in [0, 0.1) is 0 Å². The molecule has 0 bridgehead atoms. The number of ether oxygens (including phenoxy) is 1. The summed E-state index contributed by atoms with van der Waals surface area (Å²) in [6.45, 7) is 3.10. The summed E-state index contributed by atoms with van der Waals surface area (Å²) >= 11 is 5.91. The monoisotopic (exact) mass is 388 g/mol. The second-order valence-corrected chi connectivity index (χ2v) is 7.23. The molecule has 1 fully saturated rings. The zero-order chi connectivity index (χ0) is 19.1. The van der Waals surface area contributed by atoms with Crippen molar-refractivity contribution in [2.45, 2.75) is 18.8 Å². The fourth-order valence-electron chi connectivity index (χ4n) is 3.35. The second-order valence-electron chi connectivity index (χ2n) is 6.80. The van der Waals surface area contributed by atoms with Gasteiger partial charge < -0.3 is 15.2 Å². The Morgan fingerprint density at radius 3 is 2.63 bits per heavy atom. The minimum absolute atomic E-state index is 0.0211. The number of halogens is 1. The van der Waals surface area contributed by atoms with Crippen molar-refractivity contribution in [2.75, 3.05) is 32.8 Å². The van der Waals surface area contributed by atoms with Gasteiger partial charge in [-0.2, -0.15) is 0 Å². The van der Waals surface area contributed by atoms with E-state index in [1.807, 2.05) is 24.3 Å². The van der Waals surface area contributed by atoms with Gasteiger partial charge in [0, 0.05) is 5.02 Å². The van der Waals surface area contributed by atoms with E-state index in [1.54, 1.807) is 24.3 Å². The van der Waals surface area contributed by atoms with E-state index in [1.165, 1.54) is 5.56 Å². The van der Waals surface area contributed by atoms with Crippen molar-refractivity contribution in [1.82, 2.24) is 10.2 Å². The normalized spacial score (nSPS) is 15.4. The molecule has 0 atom stereocenters. The number of carbonyl (C=O) groups is 1. The fraction of sp³-hybridized carbons (Fsp3) is 0.381. The number of carbonyl (C=O) groups excluding carboxylic acids is 1. The minimum atomic E-state index is 0.0211. The third kappa shape index (κ3) is 6.15. The van der Waals surface area contributed by atoms with Crippen LogP contribution in [0.25, 0.3) is 0 Å². The van der Waals surface area contributed by atoms with E-state index in [4.69, 9.17) is 16.3 Å². The van der Waals surface area contributed by atoms with Gasteiger partial charge in [-0.3, -0.25) is 9.69 Å². The van der Waals surface area contributed by atoms with Gasteiger partial charge in [0.1, 0.15) is 18.1 Å². The summed E-state index contributed by atoms with van der Waals surface area (Å²) in [7, 11) is 0. The van der Waals surface area contributed by atoms with Crippen LogP contribution in [-0.2, 0) is 4.79 Å².